The van der Waals surface area contributed by atoms with Gasteiger partial charge in [-0.3, -0.25) is 9.59 Å². The zero-order valence-corrected chi connectivity index (χ0v) is 10.1. The Hall–Kier alpha value is -0.510. The lowest BCUT2D eigenvalue weighted by Gasteiger charge is -2.19. The van der Waals surface area contributed by atoms with Gasteiger partial charge >= 0.3 is 5.97 Å². The summed E-state index contributed by atoms with van der Waals surface area (Å²) in [5.74, 6) is -0.322. The second kappa shape index (κ2) is 5.39. The van der Waals surface area contributed by atoms with Gasteiger partial charge in [-0.25, -0.2) is 0 Å². The van der Waals surface area contributed by atoms with Crippen LogP contribution in [0.2, 0.25) is 0 Å². The molecule has 0 spiro atoms. The number of carbonyl (C=O) groups is 2. The Morgan fingerprint density at radius 2 is 1.93 bits per heavy atom. The summed E-state index contributed by atoms with van der Waals surface area (Å²) in [6.45, 7) is 5.53. The van der Waals surface area contributed by atoms with Crippen LogP contribution in [0.25, 0.3) is 0 Å². The van der Waals surface area contributed by atoms with Crippen molar-refractivity contribution < 1.29 is 14.3 Å². The van der Waals surface area contributed by atoms with Crippen molar-refractivity contribution in [2.24, 2.45) is 5.92 Å². The minimum Gasteiger partial charge on any atom is -0.468 e. The maximum Gasteiger partial charge on any atom is 0.329 e. The van der Waals surface area contributed by atoms with Gasteiger partial charge in [-0.05, 0) is 19.3 Å². The highest BCUT2D eigenvalue weighted by molar-refractivity contribution is 7.83. The number of methoxy groups -OCH3 is 1. The fourth-order valence-corrected chi connectivity index (χ4v) is 1.18. The van der Waals surface area contributed by atoms with Gasteiger partial charge in [0.05, 0.1) is 7.11 Å². The molecule has 0 fully saturated rings. The Bertz CT molecular complexity index is 221. The Kier molecular flexibility index (Phi) is 5.19. The average molecular weight is 218 g/mol. The third-order valence-electron chi connectivity index (χ3n) is 2.07. The van der Waals surface area contributed by atoms with Gasteiger partial charge < -0.3 is 4.74 Å². The Morgan fingerprint density at radius 3 is 2.29 bits per heavy atom. The molecule has 0 aliphatic heterocycles. The van der Waals surface area contributed by atoms with Gasteiger partial charge in [0.1, 0.15) is 0 Å². The van der Waals surface area contributed by atoms with Gasteiger partial charge in [-0.15, -0.1) is 0 Å². The van der Waals surface area contributed by atoms with Crippen molar-refractivity contribution >= 4 is 24.4 Å². The molecule has 14 heavy (non-hydrogen) atoms. The third kappa shape index (κ3) is 3.70. The van der Waals surface area contributed by atoms with Crippen molar-refractivity contribution in [1.82, 2.24) is 0 Å². The van der Waals surface area contributed by atoms with E-state index in [0.717, 1.165) is 6.42 Å². The summed E-state index contributed by atoms with van der Waals surface area (Å²) < 4.78 is 3.20. The van der Waals surface area contributed by atoms with Crippen molar-refractivity contribution in [3.8, 4) is 0 Å². The first-order chi connectivity index (χ1) is 6.32. The number of hydrogen-bond donors (Lipinski definition) is 1. The van der Waals surface area contributed by atoms with E-state index in [0.29, 0.717) is 12.3 Å². The smallest absolute Gasteiger partial charge is 0.329 e. The van der Waals surface area contributed by atoms with Gasteiger partial charge in [-0.1, -0.05) is 13.8 Å². The van der Waals surface area contributed by atoms with E-state index >= 15 is 0 Å². The summed E-state index contributed by atoms with van der Waals surface area (Å²) in [4.78, 5) is 22.8. The van der Waals surface area contributed by atoms with Crippen LogP contribution in [0.15, 0.2) is 0 Å². The maximum absolute atomic E-state index is 11.6. The minimum absolute atomic E-state index is 0.179. The van der Waals surface area contributed by atoms with Crippen LogP contribution in [0.5, 0.6) is 0 Å². The van der Waals surface area contributed by atoms with E-state index in [1.807, 2.05) is 13.8 Å². The van der Waals surface area contributed by atoms with Crippen molar-refractivity contribution in [3.63, 3.8) is 0 Å². The Morgan fingerprint density at radius 1 is 1.43 bits per heavy atom. The first-order valence-electron chi connectivity index (χ1n) is 4.66. The molecule has 0 saturated carbocycles. The number of thiol groups is 1. The van der Waals surface area contributed by atoms with Crippen LogP contribution in [0.1, 0.15) is 33.6 Å². The second-order valence-electron chi connectivity index (χ2n) is 3.92. The number of hydrogen-bond acceptors (Lipinski definition) is 4. The second-order valence-corrected chi connectivity index (χ2v) is 4.81. The molecular formula is C10H18O3S. The van der Waals surface area contributed by atoms with E-state index in [-0.39, 0.29) is 5.78 Å². The lowest BCUT2D eigenvalue weighted by atomic mass is 9.97. The molecule has 0 aliphatic carbocycles. The molecule has 0 amide bonds. The SMILES string of the molecule is COC(=O)C(C)(S)C(=O)CCC(C)C. The predicted molar refractivity (Wildman–Crippen MR) is 58.5 cm³/mol. The van der Waals surface area contributed by atoms with Crippen LogP contribution < -0.4 is 0 Å². The van der Waals surface area contributed by atoms with Crippen molar-refractivity contribution in [2.75, 3.05) is 7.11 Å². The van der Waals surface area contributed by atoms with Crippen molar-refractivity contribution in [1.29, 1.82) is 0 Å². The highest BCUT2D eigenvalue weighted by atomic mass is 32.1. The third-order valence-corrected chi connectivity index (χ3v) is 2.51. The minimum atomic E-state index is -1.30. The van der Waals surface area contributed by atoms with E-state index in [1.165, 1.54) is 14.0 Å². The quantitative estimate of drug-likeness (QED) is 0.435. The zero-order valence-electron chi connectivity index (χ0n) is 9.16. The lowest BCUT2D eigenvalue weighted by Crippen LogP contribution is -2.39. The topological polar surface area (TPSA) is 43.4 Å². The average Bonchev–Trinajstić information content (AvgIpc) is 2.12. The molecule has 1 unspecified atom stereocenters. The zero-order chi connectivity index (χ0) is 11.4. The van der Waals surface area contributed by atoms with E-state index < -0.39 is 10.7 Å². The van der Waals surface area contributed by atoms with Gasteiger partial charge in [0.2, 0.25) is 0 Å². The van der Waals surface area contributed by atoms with Crippen molar-refractivity contribution in [2.45, 2.75) is 38.4 Å². The maximum atomic E-state index is 11.6. The summed E-state index contributed by atoms with van der Waals surface area (Å²) in [5.41, 5.74) is 0. The normalized spacial score (nSPS) is 15.0. The number of ketones is 1. The van der Waals surface area contributed by atoms with E-state index in [1.54, 1.807) is 0 Å². The summed E-state index contributed by atoms with van der Waals surface area (Å²) in [6, 6.07) is 0. The molecule has 1 atom stereocenters. The number of esters is 1. The fraction of sp³-hybridized carbons (Fsp3) is 0.800. The van der Waals surface area contributed by atoms with Gasteiger partial charge in [0.25, 0.3) is 0 Å². The molecule has 0 N–H and O–H groups in total. The molecule has 82 valence electrons. The summed E-state index contributed by atoms with van der Waals surface area (Å²) in [5, 5.41) is 0. The molecule has 4 heteroatoms. The number of carbonyl (C=O) groups excluding carboxylic acids is 2. The van der Waals surface area contributed by atoms with E-state index in [2.05, 4.69) is 17.4 Å². The molecule has 0 aromatic heterocycles. The predicted octanol–water partition coefficient (Wildman–Crippen LogP) is 1.85. The van der Waals surface area contributed by atoms with Crippen LogP contribution in [0.4, 0.5) is 0 Å². The fourth-order valence-electron chi connectivity index (χ4n) is 0.976. The summed E-state index contributed by atoms with van der Waals surface area (Å²) >= 11 is 4.03. The van der Waals surface area contributed by atoms with E-state index in [4.69, 9.17) is 0 Å². The molecule has 0 radical (unpaired) electrons. The van der Waals surface area contributed by atoms with Crippen LogP contribution in [-0.2, 0) is 14.3 Å². The Labute approximate surface area is 90.6 Å². The monoisotopic (exact) mass is 218 g/mol. The van der Waals surface area contributed by atoms with Gasteiger partial charge in [0.15, 0.2) is 10.5 Å². The van der Waals surface area contributed by atoms with Gasteiger partial charge in [0, 0.05) is 6.42 Å². The molecule has 0 saturated heterocycles. The highest BCUT2D eigenvalue weighted by Gasteiger charge is 2.37. The standard InChI is InChI=1S/C10H18O3S/c1-7(2)5-6-8(11)10(3,14)9(12)13-4/h7,14H,5-6H2,1-4H3. The number of Topliss-reactive ketones (excluding diaryl/α,β-unsaturated/α-hetero) is 1. The van der Waals surface area contributed by atoms with Crippen LogP contribution in [-0.4, -0.2) is 23.6 Å². The van der Waals surface area contributed by atoms with Gasteiger partial charge in [-0.2, -0.15) is 12.6 Å². The van der Waals surface area contributed by atoms with Crippen LogP contribution in [0, 0.1) is 5.92 Å². The summed E-state index contributed by atoms with van der Waals surface area (Å²) in [6.07, 6.45) is 1.14. The molecule has 0 aromatic rings. The number of ether oxygens (including phenoxy) is 1. The summed E-state index contributed by atoms with van der Waals surface area (Å²) in [7, 11) is 1.26. The molecule has 3 nitrogen and oxygen atoms in total. The molecule has 0 rings (SSSR count). The molecule has 0 aromatic carbocycles. The molecule has 0 aliphatic rings. The van der Waals surface area contributed by atoms with Crippen molar-refractivity contribution in [3.05, 3.63) is 0 Å². The lowest BCUT2D eigenvalue weighted by molar-refractivity contribution is -0.146. The number of rotatable bonds is 5. The first kappa shape index (κ1) is 13.5. The highest BCUT2D eigenvalue weighted by Crippen LogP contribution is 2.20. The van der Waals surface area contributed by atoms with Crippen LogP contribution >= 0.6 is 12.6 Å². The molecular weight excluding hydrogens is 200 g/mol. The largest absolute Gasteiger partial charge is 0.468 e. The van der Waals surface area contributed by atoms with E-state index in [9.17, 15) is 9.59 Å². The Balaban J connectivity index is 4.29. The molecule has 0 bridgehead atoms. The van der Waals surface area contributed by atoms with Crippen LogP contribution in [0.3, 0.4) is 0 Å². The molecule has 0 heterocycles. The first-order valence-corrected chi connectivity index (χ1v) is 5.11.